The molecule has 17 heavy (non-hydrogen) atoms. The molecular formula is C11H18BrN3O2. The molecule has 0 spiro atoms. The van der Waals surface area contributed by atoms with Crippen LogP contribution in [0.2, 0.25) is 0 Å². The van der Waals surface area contributed by atoms with Gasteiger partial charge in [-0.25, -0.2) is 0 Å². The minimum absolute atomic E-state index is 0.151. The second kappa shape index (κ2) is 6.14. The number of aryl methyl sites for hydroxylation is 2. The van der Waals surface area contributed by atoms with Crippen LogP contribution in [0.15, 0.2) is 0 Å². The summed E-state index contributed by atoms with van der Waals surface area (Å²) < 4.78 is 1.75. The lowest BCUT2D eigenvalue weighted by Gasteiger charge is -2.09. The van der Waals surface area contributed by atoms with Crippen LogP contribution in [0, 0.1) is 29.9 Å². The van der Waals surface area contributed by atoms with Crippen molar-refractivity contribution in [2.24, 2.45) is 5.92 Å². The number of nitro groups is 1. The van der Waals surface area contributed by atoms with Gasteiger partial charge >= 0.3 is 5.69 Å². The molecule has 1 unspecified atom stereocenters. The molecule has 1 aromatic heterocycles. The lowest BCUT2D eigenvalue weighted by Crippen LogP contribution is -2.07. The molecule has 5 nitrogen and oxygen atoms in total. The average Bonchev–Trinajstić information content (AvgIpc) is 2.51. The highest BCUT2D eigenvalue weighted by Gasteiger charge is 2.21. The number of nitrogens with zero attached hydrogens (tertiary/aromatic N) is 3. The van der Waals surface area contributed by atoms with E-state index in [-0.39, 0.29) is 10.6 Å². The first kappa shape index (κ1) is 14.2. The van der Waals surface area contributed by atoms with Crippen molar-refractivity contribution in [1.29, 1.82) is 0 Å². The largest absolute Gasteiger partial charge is 0.312 e. The predicted octanol–water partition coefficient (Wildman–Crippen LogP) is 3.22. The second-order valence-corrected chi connectivity index (χ2v) is 5.16. The van der Waals surface area contributed by atoms with Crippen LogP contribution in [0.5, 0.6) is 0 Å². The topological polar surface area (TPSA) is 61.0 Å². The third kappa shape index (κ3) is 3.52. The SMILES string of the molecule is Cc1nn(CCC(C)CCBr)c(C)c1[N+](=O)[O-]. The Bertz CT molecular complexity index is 404. The molecular weight excluding hydrogens is 286 g/mol. The highest BCUT2D eigenvalue weighted by Crippen LogP contribution is 2.22. The van der Waals surface area contributed by atoms with Gasteiger partial charge in [0.05, 0.1) is 4.92 Å². The molecule has 1 heterocycles. The number of aromatic nitrogens is 2. The molecule has 0 radical (unpaired) electrons. The molecule has 0 saturated carbocycles. The first-order valence-electron chi connectivity index (χ1n) is 5.71. The molecule has 1 atom stereocenters. The molecule has 0 aliphatic carbocycles. The van der Waals surface area contributed by atoms with E-state index in [9.17, 15) is 10.1 Å². The van der Waals surface area contributed by atoms with E-state index in [1.54, 1.807) is 18.5 Å². The van der Waals surface area contributed by atoms with Gasteiger partial charge in [-0.2, -0.15) is 5.10 Å². The quantitative estimate of drug-likeness (QED) is 0.460. The van der Waals surface area contributed by atoms with Crippen LogP contribution in [0.4, 0.5) is 5.69 Å². The summed E-state index contributed by atoms with van der Waals surface area (Å²) in [5.41, 5.74) is 1.30. The Labute approximate surface area is 109 Å². The summed E-state index contributed by atoms with van der Waals surface area (Å²) in [6, 6.07) is 0. The Morgan fingerprint density at radius 2 is 2.12 bits per heavy atom. The molecule has 0 fully saturated rings. The highest BCUT2D eigenvalue weighted by atomic mass is 79.9. The molecule has 0 aromatic carbocycles. The fourth-order valence-electron chi connectivity index (χ4n) is 1.84. The van der Waals surface area contributed by atoms with Gasteiger partial charge in [-0.15, -0.1) is 0 Å². The minimum atomic E-state index is -0.351. The van der Waals surface area contributed by atoms with Crippen LogP contribution in [0.3, 0.4) is 0 Å². The summed E-state index contributed by atoms with van der Waals surface area (Å²) in [7, 11) is 0. The molecule has 1 aromatic rings. The van der Waals surface area contributed by atoms with E-state index < -0.39 is 0 Å². The first-order valence-corrected chi connectivity index (χ1v) is 6.83. The van der Waals surface area contributed by atoms with Gasteiger partial charge < -0.3 is 0 Å². The Hall–Kier alpha value is -0.910. The summed E-state index contributed by atoms with van der Waals surface area (Å²) in [6.45, 7) is 6.37. The number of hydrogen-bond donors (Lipinski definition) is 0. The molecule has 96 valence electrons. The zero-order valence-corrected chi connectivity index (χ0v) is 12.0. The zero-order valence-electron chi connectivity index (χ0n) is 10.4. The van der Waals surface area contributed by atoms with E-state index >= 15 is 0 Å². The van der Waals surface area contributed by atoms with Crippen LogP contribution >= 0.6 is 15.9 Å². The standard InChI is InChI=1S/C11H18BrN3O2/c1-8(4-6-12)5-7-14-10(3)11(15(16)17)9(2)13-14/h8H,4-7H2,1-3H3. The van der Waals surface area contributed by atoms with Crippen LogP contribution in [0.25, 0.3) is 0 Å². The van der Waals surface area contributed by atoms with Crippen molar-refractivity contribution in [3.05, 3.63) is 21.5 Å². The smallest absolute Gasteiger partial charge is 0.262 e. The molecule has 0 amide bonds. The Balaban J connectivity index is 2.73. The molecule has 1 rings (SSSR count). The van der Waals surface area contributed by atoms with Gasteiger partial charge in [-0.1, -0.05) is 22.9 Å². The van der Waals surface area contributed by atoms with Gasteiger partial charge in [0.25, 0.3) is 0 Å². The van der Waals surface area contributed by atoms with E-state index in [0.29, 0.717) is 17.3 Å². The maximum absolute atomic E-state index is 10.8. The minimum Gasteiger partial charge on any atom is -0.262 e. The number of alkyl halides is 1. The molecule has 0 N–H and O–H groups in total. The first-order chi connectivity index (χ1) is 7.97. The van der Waals surface area contributed by atoms with Gasteiger partial charge in [-0.05, 0) is 32.6 Å². The predicted molar refractivity (Wildman–Crippen MR) is 70.5 cm³/mol. The highest BCUT2D eigenvalue weighted by molar-refractivity contribution is 9.09. The van der Waals surface area contributed by atoms with Crippen molar-refractivity contribution in [2.45, 2.75) is 40.2 Å². The summed E-state index contributed by atoms with van der Waals surface area (Å²) >= 11 is 3.41. The van der Waals surface area contributed by atoms with E-state index in [1.807, 2.05) is 0 Å². The number of hydrogen-bond acceptors (Lipinski definition) is 3. The molecule has 0 bridgehead atoms. The summed E-state index contributed by atoms with van der Waals surface area (Å²) in [5.74, 6) is 0.595. The molecule has 0 aliphatic heterocycles. The monoisotopic (exact) mass is 303 g/mol. The third-order valence-electron chi connectivity index (χ3n) is 2.96. The Morgan fingerprint density at radius 1 is 1.47 bits per heavy atom. The van der Waals surface area contributed by atoms with Crippen molar-refractivity contribution in [3.63, 3.8) is 0 Å². The van der Waals surface area contributed by atoms with E-state index in [1.165, 1.54) is 0 Å². The maximum Gasteiger partial charge on any atom is 0.312 e. The van der Waals surface area contributed by atoms with Gasteiger partial charge in [0.15, 0.2) is 0 Å². The maximum atomic E-state index is 10.8. The van der Waals surface area contributed by atoms with E-state index in [0.717, 1.165) is 24.7 Å². The number of halogens is 1. The van der Waals surface area contributed by atoms with Crippen LogP contribution in [-0.2, 0) is 6.54 Å². The van der Waals surface area contributed by atoms with Gasteiger partial charge in [0.2, 0.25) is 0 Å². The summed E-state index contributed by atoms with van der Waals surface area (Å²) in [6.07, 6.45) is 2.10. The fraction of sp³-hybridized carbons (Fsp3) is 0.727. The molecule has 0 aliphatic rings. The van der Waals surface area contributed by atoms with Crippen molar-refractivity contribution in [3.8, 4) is 0 Å². The van der Waals surface area contributed by atoms with Gasteiger partial charge in [-0.3, -0.25) is 14.8 Å². The summed E-state index contributed by atoms with van der Waals surface area (Å²) in [4.78, 5) is 10.5. The Morgan fingerprint density at radius 3 is 2.59 bits per heavy atom. The zero-order chi connectivity index (χ0) is 13.0. The van der Waals surface area contributed by atoms with Gasteiger partial charge in [0.1, 0.15) is 11.4 Å². The average molecular weight is 304 g/mol. The summed E-state index contributed by atoms with van der Waals surface area (Å²) in [5, 5.41) is 16.1. The van der Waals surface area contributed by atoms with Crippen molar-refractivity contribution < 1.29 is 4.92 Å². The van der Waals surface area contributed by atoms with E-state index in [2.05, 4.69) is 28.0 Å². The normalized spacial score (nSPS) is 12.7. The van der Waals surface area contributed by atoms with Crippen LogP contribution in [0.1, 0.15) is 31.2 Å². The Kier molecular flexibility index (Phi) is 5.11. The number of rotatable bonds is 6. The van der Waals surface area contributed by atoms with Crippen molar-refractivity contribution in [1.82, 2.24) is 9.78 Å². The van der Waals surface area contributed by atoms with Crippen LogP contribution < -0.4 is 0 Å². The van der Waals surface area contributed by atoms with Crippen molar-refractivity contribution in [2.75, 3.05) is 5.33 Å². The van der Waals surface area contributed by atoms with Gasteiger partial charge in [0, 0.05) is 11.9 Å². The van der Waals surface area contributed by atoms with Crippen molar-refractivity contribution >= 4 is 21.6 Å². The van der Waals surface area contributed by atoms with E-state index in [4.69, 9.17) is 0 Å². The lowest BCUT2D eigenvalue weighted by atomic mass is 10.1. The van der Waals surface area contributed by atoms with Crippen LogP contribution in [-0.4, -0.2) is 20.0 Å². The second-order valence-electron chi connectivity index (χ2n) is 4.37. The lowest BCUT2D eigenvalue weighted by molar-refractivity contribution is -0.386. The molecule has 0 saturated heterocycles. The fourth-order valence-corrected chi connectivity index (χ4v) is 2.62. The third-order valence-corrected chi connectivity index (χ3v) is 3.42. The molecule has 6 heteroatoms.